The number of hydrogen-bond acceptors (Lipinski definition) is 6. The molecule has 0 aliphatic carbocycles. The van der Waals surface area contributed by atoms with Crippen molar-refractivity contribution in [3.05, 3.63) is 77.7 Å². The fraction of sp³-hybridized carbons (Fsp3) is 0.217. The van der Waals surface area contributed by atoms with Crippen molar-refractivity contribution in [2.45, 2.75) is 11.8 Å². The van der Waals surface area contributed by atoms with E-state index in [4.69, 9.17) is 9.15 Å². The van der Waals surface area contributed by atoms with Gasteiger partial charge < -0.3 is 19.8 Å². The normalized spacial score (nSPS) is 14.6. The molecule has 0 spiro atoms. The first-order chi connectivity index (χ1) is 15.8. The zero-order valence-corrected chi connectivity index (χ0v) is 18.7. The van der Waals surface area contributed by atoms with Crippen LogP contribution in [0.5, 0.6) is 0 Å². The van der Waals surface area contributed by atoms with Gasteiger partial charge in [-0.2, -0.15) is 4.31 Å². The summed E-state index contributed by atoms with van der Waals surface area (Å²) in [7, 11) is -3.70. The molecule has 1 fully saturated rings. The Morgan fingerprint density at radius 3 is 2.24 bits per heavy atom. The molecular formula is C23H23N3O6S. The van der Waals surface area contributed by atoms with E-state index in [2.05, 4.69) is 10.6 Å². The smallest absolute Gasteiger partial charge is 0.291 e. The van der Waals surface area contributed by atoms with E-state index >= 15 is 0 Å². The number of hydrogen-bond donors (Lipinski definition) is 2. The predicted octanol–water partition coefficient (Wildman–Crippen LogP) is 3.11. The van der Waals surface area contributed by atoms with Crippen molar-refractivity contribution in [3.8, 4) is 0 Å². The minimum Gasteiger partial charge on any atom is -0.459 e. The van der Waals surface area contributed by atoms with E-state index in [0.717, 1.165) is 0 Å². The zero-order chi connectivity index (χ0) is 23.4. The molecule has 0 bridgehead atoms. The van der Waals surface area contributed by atoms with Crippen LogP contribution in [-0.4, -0.2) is 50.8 Å². The number of anilines is 2. The van der Waals surface area contributed by atoms with Gasteiger partial charge in [-0.05, 0) is 61.0 Å². The van der Waals surface area contributed by atoms with E-state index < -0.39 is 21.8 Å². The van der Waals surface area contributed by atoms with Gasteiger partial charge >= 0.3 is 0 Å². The number of amides is 2. The summed E-state index contributed by atoms with van der Waals surface area (Å²) in [6.45, 7) is 3.01. The number of nitrogens with zero attached hydrogens (tertiary/aromatic N) is 1. The molecule has 9 nitrogen and oxygen atoms in total. The van der Waals surface area contributed by atoms with Crippen molar-refractivity contribution in [3.63, 3.8) is 0 Å². The minimum absolute atomic E-state index is 0.151. The number of rotatable bonds is 6. The number of morpholine rings is 1. The number of aryl methyl sites for hydroxylation is 1. The van der Waals surface area contributed by atoms with Crippen LogP contribution in [0.25, 0.3) is 0 Å². The summed E-state index contributed by atoms with van der Waals surface area (Å²) in [4.78, 5) is 24.9. The number of carbonyl (C=O) groups excluding carboxylic acids is 2. The van der Waals surface area contributed by atoms with Gasteiger partial charge in [-0.3, -0.25) is 9.59 Å². The van der Waals surface area contributed by atoms with Crippen molar-refractivity contribution in [1.82, 2.24) is 4.31 Å². The van der Waals surface area contributed by atoms with Gasteiger partial charge in [0.05, 0.1) is 24.4 Å². The molecular weight excluding hydrogens is 446 g/mol. The SMILES string of the molecule is Cc1ccc(NC(=O)c2ccc(NC(=O)c3ccco3)cc2)cc1S(=O)(=O)N1CCOCC1. The number of furan rings is 1. The van der Waals surface area contributed by atoms with Crippen molar-refractivity contribution in [1.29, 1.82) is 0 Å². The molecule has 10 heteroatoms. The molecule has 4 rings (SSSR count). The lowest BCUT2D eigenvalue weighted by Crippen LogP contribution is -2.40. The molecule has 1 aromatic heterocycles. The van der Waals surface area contributed by atoms with Crippen LogP contribution in [0.4, 0.5) is 11.4 Å². The van der Waals surface area contributed by atoms with Gasteiger partial charge in [0.2, 0.25) is 10.0 Å². The van der Waals surface area contributed by atoms with Crippen molar-refractivity contribution < 1.29 is 27.2 Å². The first kappa shape index (κ1) is 22.7. The molecule has 0 saturated carbocycles. The highest BCUT2D eigenvalue weighted by Crippen LogP contribution is 2.25. The lowest BCUT2D eigenvalue weighted by Gasteiger charge is -2.26. The first-order valence-electron chi connectivity index (χ1n) is 10.3. The fourth-order valence-corrected chi connectivity index (χ4v) is 5.05. The zero-order valence-electron chi connectivity index (χ0n) is 17.9. The van der Waals surface area contributed by atoms with Crippen LogP contribution in [0.2, 0.25) is 0 Å². The van der Waals surface area contributed by atoms with Crippen molar-refractivity contribution in [2.24, 2.45) is 0 Å². The standard InChI is InChI=1S/C23H23N3O6S/c1-16-4-7-19(15-21(16)33(29,30)26-10-13-31-14-11-26)25-22(27)17-5-8-18(9-6-17)24-23(28)20-3-2-12-32-20/h2-9,12,15H,10-11,13-14H2,1H3,(H,24,28)(H,25,27). The van der Waals surface area contributed by atoms with Crippen LogP contribution in [0.1, 0.15) is 26.5 Å². The van der Waals surface area contributed by atoms with E-state index in [-0.39, 0.29) is 10.7 Å². The quantitative estimate of drug-likeness (QED) is 0.573. The maximum atomic E-state index is 13.0. The Balaban J connectivity index is 1.46. The molecule has 2 amide bonds. The topological polar surface area (TPSA) is 118 Å². The average Bonchev–Trinajstić information content (AvgIpc) is 3.36. The Labute approximate surface area is 191 Å². The molecule has 0 atom stereocenters. The molecule has 2 aromatic carbocycles. The van der Waals surface area contributed by atoms with Crippen LogP contribution in [0, 0.1) is 6.92 Å². The van der Waals surface area contributed by atoms with Gasteiger partial charge in [0.1, 0.15) is 0 Å². The Hall–Kier alpha value is -3.47. The third kappa shape index (κ3) is 5.14. The summed E-state index contributed by atoms with van der Waals surface area (Å²) < 4.78 is 37.8. The third-order valence-electron chi connectivity index (χ3n) is 5.18. The largest absolute Gasteiger partial charge is 0.459 e. The minimum atomic E-state index is -3.70. The molecule has 0 radical (unpaired) electrons. The predicted molar refractivity (Wildman–Crippen MR) is 122 cm³/mol. The number of nitrogens with one attached hydrogen (secondary N) is 2. The second kappa shape index (κ2) is 9.57. The lowest BCUT2D eigenvalue weighted by atomic mass is 10.1. The molecule has 3 aromatic rings. The summed E-state index contributed by atoms with van der Waals surface area (Å²) in [6, 6.07) is 14.3. The van der Waals surface area contributed by atoms with Crippen LogP contribution >= 0.6 is 0 Å². The Kier molecular flexibility index (Phi) is 6.59. The first-order valence-corrected chi connectivity index (χ1v) is 11.7. The van der Waals surface area contributed by atoms with Gasteiger partial charge in [-0.15, -0.1) is 0 Å². The van der Waals surface area contributed by atoms with Crippen molar-refractivity contribution in [2.75, 3.05) is 36.9 Å². The van der Waals surface area contributed by atoms with Crippen LogP contribution in [-0.2, 0) is 14.8 Å². The van der Waals surface area contributed by atoms with E-state index in [1.807, 2.05) is 0 Å². The van der Waals surface area contributed by atoms with Crippen LogP contribution in [0.15, 0.2) is 70.2 Å². The summed E-state index contributed by atoms with van der Waals surface area (Å²) >= 11 is 0. The molecule has 2 N–H and O–H groups in total. The van der Waals surface area contributed by atoms with Gasteiger partial charge in [0.25, 0.3) is 11.8 Å². The Morgan fingerprint density at radius 2 is 1.58 bits per heavy atom. The van der Waals surface area contributed by atoms with Crippen LogP contribution < -0.4 is 10.6 Å². The maximum Gasteiger partial charge on any atom is 0.291 e. The highest BCUT2D eigenvalue weighted by molar-refractivity contribution is 7.89. The summed E-state index contributed by atoms with van der Waals surface area (Å²) in [6.07, 6.45) is 1.41. The summed E-state index contributed by atoms with van der Waals surface area (Å²) in [5.74, 6) is -0.623. The Bertz CT molecular complexity index is 1250. The fourth-order valence-electron chi connectivity index (χ4n) is 3.39. The molecule has 0 unspecified atom stereocenters. The van der Waals surface area contributed by atoms with Crippen LogP contribution in [0.3, 0.4) is 0 Å². The number of carbonyl (C=O) groups is 2. The van der Waals surface area contributed by atoms with Gasteiger partial charge in [-0.1, -0.05) is 6.07 Å². The van der Waals surface area contributed by atoms with E-state index in [9.17, 15) is 18.0 Å². The lowest BCUT2D eigenvalue weighted by molar-refractivity contribution is 0.0730. The van der Waals surface area contributed by atoms with Crippen molar-refractivity contribution >= 4 is 33.2 Å². The van der Waals surface area contributed by atoms with Gasteiger partial charge in [0.15, 0.2) is 5.76 Å². The highest BCUT2D eigenvalue weighted by Gasteiger charge is 2.28. The highest BCUT2D eigenvalue weighted by atomic mass is 32.2. The van der Waals surface area contributed by atoms with Gasteiger partial charge in [0, 0.05) is 30.0 Å². The molecule has 172 valence electrons. The number of sulfonamides is 1. The number of benzene rings is 2. The molecule has 2 heterocycles. The molecule has 1 saturated heterocycles. The maximum absolute atomic E-state index is 13.0. The average molecular weight is 470 g/mol. The molecule has 1 aliphatic heterocycles. The second-order valence-corrected chi connectivity index (χ2v) is 9.37. The van der Waals surface area contributed by atoms with E-state index in [1.54, 1.807) is 55.5 Å². The Morgan fingerprint density at radius 1 is 0.909 bits per heavy atom. The third-order valence-corrected chi connectivity index (χ3v) is 7.22. The molecule has 1 aliphatic rings. The van der Waals surface area contributed by atoms with E-state index in [0.29, 0.717) is 48.8 Å². The van der Waals surface area contributed by atoms with Gasteiger partial charge in [-0.25, -0.2) is 8.42 Å². The monoisotopic (exact) mass is 469 g/mol. The molecule has 33 heavy (non-hydrogen) atoms. The second-order valence-electron chi connectivity index (χ2n) is 7.46. The number of ether oxygens (including phenoxy) is 1. The summed E-state index contributed by atoms with van der Waals surface area (Å²) in [5, 5.41) is 5.41. The van der Waals surface area contributed by atoms with E-state index in [1.165, 1.54) is 16.6 Å². The summed E-state index contributed by atoms with van der Waals surface area (Å²) in [5.41, 5.74) is 1.81.